The molecule has 19 heavy (non-hydrogen) atoms. The summed E-state index contributed by atoms with van der Waals surface area (Å²) in [6, 6.07) is 1.52. The molecule has 0 bridgehead atoms. The van der Waals surface area contributed by atoms with Gasteiger partial charge in [0.15, 0.2) is 0 Å². The molecule has 2 N–H and O–H groups in total. The van der Waals surface area contributed by atoms with Crippen LogP contribution in [0.25, 0.3) is 0 Å². The maximum Gasteiger partial charge on any atom is 0.343 e. The van der Waals surface area contributed by atoms with Crippen LogP contribution < -0.4 is 10.5 Å². The Labute approximate surface area is 112 Å². The molecule has 0 saturated carbocycles. The molecule has 1 aliphatic heterocycles. The normalized spacial score (nSPS) is 15.4. The standard InChI is InChI=1S/C13H19N3O3/c1-18-13(17)11-8-10(14)9-15-12(11)19-7-6-16-4-2-3-5-16/h8-9H,2-7,14H2,1H3. The third-order valence-electron chi connectivity index (χ3n) is 3.12. The fourth-order valence-corrected chi connectivity index (χ4v) is 2.12. The van der Waals surface area contributed by atoms with Crippen LogP contribution in [0.15, 0.2) is 12.3 Å². The highest BCUT2D eigenvalue weighted by atomic mass is 16.5. The third kappa shape index (κ3) is 3.57. The maximum atomic E-state index is 11.6. The highest BCUT2D eigenvalue weighted by Crippen LogP contribution is 2.19. The van der Waals surface area contributed by atoms with Gasteiger partial charge in [-0.2, -0.15) is 0 Å². The van der Waals surface area contributed by atoms with Gasteiger partial charge in [0.1, 0.15) is 12.2 Å². The van der Waals surface area contributed by atoms with Crippen molar-refractivity contribution in [1.82, 2.24) is 9.88 Å². The van der Waals surface area contributed by atoms with Crippen LogP contribution in [0, 0.1) is 0 Å². The van der Waals surface area contributed by atoms with E-state index >= 15 is 0 Å². The quantitative estimate of drug-likeness (QED) is 0.798. The molecule has 0 aliphatic carbocycles. The number of hydrogen-bond acceptors (Lipinski definition) is 6. The number of carbonyl (C=O) groups is 1. The van der Waals surface area contributed by atoms with E-state index in [0.29, 0.717) is 12.3 Å². The van der Waals surface area contributed by atoms with Gasteiger partial charge in [-0.15, -0.1) is 0 Å². The molecule has 1 saturated heterocycles. The smallest absolute Gasteiger partial charge is 0.343 e. The van der Waals surface area contributed by atoms with E-state index in [4.69, 9.17) is 10.5 Å². The molecule has 6 heteroatoms. The van der Waals surface area contributed by atoms with Crippen molar-refractivity contribution in [3.63, 3.8) is 0 Å². The molecule has 0 atom stereocenters. The molecular formula is C13H19N3O3. The molecule has 2 heterocycles. The Kier molecular flexibility index (Phi) is 4.57. The molecule has 1 aliphatic rings. The van der Waals surface area contributed by atoms with Crippen molar-refractivity contribution in [2.24, 2.45) is 0 Å². The summed E-state index contributed by atoms with van der Waals surface area (Å²) in [6.45, 7) is 3.57. The van der Waals surface area contributed by atoms with Crippen LogP contribution in [0.1, 0.15) is 23.2 Å². The molecule has 1 aromatic rings. The average Bonchev–Trinajstić information content (AvgIpc) is 2.92. The monoisotopic (exact) mass is 265 g/mol. The van der Waals surface area contributed by atoms with Crippen molar-refractivity contribution in [2.75, 3.05) is 39.1 Å². The molecule has 104 valence electrons. The summed E-state index contributed by atoms with van der Waals surface area (Å²) in [6.07, 6.45) is 3.96. The number of esters is 1. The highest BCUT2D eigenvalue weighted by Gasteiger charge is 2.16. The van der Waals surface area contributed by atoms with Crippen molar-refractivity contribution < 1.29 is 14.3 Å². The zero-order chi connectivity index (χ0) is 13.7. The van der Waals surface area contributed by atoms with E-state index in [0.717, 1.165) is 19.6 Å². The van der Waals surface area contributed by atoms with Gasteiger partial charge in [-0.05, 0) is 32.0 Å². The van der Waals surface area contributed by atoms with E-state index in [-0.39, 0.29) is 11.4 Å². The van der Waals surface area contributed by atoms with E-state index < -0.39 is 5.97 Å². The lowest BCUT2D eigenvalue weighted by Gasteiger charge is -2.15. The Morgan fingerprint density at radius 3 is 2.89 bits per heavy atom. The molecule has 0 radical (unpaired) electrons. The Bertz CT molecular complexity index is 445. The molecule has 0 amide bonds. The van der Waals surface area contributed by atoms with Gasteiger partial charge in [0.05, 0.1) is 19.0 Å². The minimum absolute atomic E-state index is 0.268. The molecule has 0 aromatic carbocycles. The van der Waals surface area contributed by atoms with Crippen LogP contribution in [0.3, 0.4) is 0 Å². The first kappa shape index (κ1) is 13.6. The Hall–Kier alpha value is -1.82. The molecule has 0 spiro atoms. The molecule has 1 fully saturated rings. The summed E-state index contributed by atoms with van der Waals surface area (Å²) in [5.41, 5.74) is 6.29. The SMILES string of the molecule is COC(=O)c1cc(N)cnc1OCCN1CCCC1. The number of carbonyl (C=O) groups excluding carboxylic acids is 1. The van der Waals surface area contributed by atoms with E-state index in [1.807, 2.05) is 0 Å². The summed E-state index contributed by atoms with van der Waals surface area (Å²) in [5.74, 6) is -0.212. The highest BCUT2D eigenvalue weighted by molar-refractivity contribution is 5.92. The van der Waals surface area contributed by atoms with Gasteiger partial charge in [-0.25, -0.2) is 9.78 Å². The lowest BCUT2D eigenvalue weighted by atomic mass is 10.2. The Morgan fingerprint density at radius 2 is 2.21 bits per heavy atom. The van der Waals surface area contributed by atoms with Crippen LogP contribution in [-0.2, 0) is 4.74 Å². The Morgan fingerprint density at radius 1 is 1.47 bits per heavy atom. The van der Waals surface area contributed by atoms with Gasteiger partial charge < -0.3 is 15.2 Å². The number of anilines is 1. The van der Waals surface area contributed by atoms with Crippen LogP contribution in [0.5, 0.6) is 5.88 Å². The Balaban J connectivity index is 1.96. The molecule has 2 rings (SSSR count). The zero-order valence-electron chi connectivity index (χ0n) is 11.1. The maximum absolute atomic E-state index is 11.6. The largest absolute Gasteiger partial charge is 0.476 e. The number of nitrogen functional groups attached to an aromatic ring is 1. The second kappa shape index (κ2) is 6.38. The van der Waals surface area contributed by atoms with Gasteiger partial charge in [0, 0.05) is 6.54 Å². The van der Waals surface area contributed by atoms with E-state index in [9.17, 15) is 4.79 Å². The van der Waals surface area contributed by atoms with Crippen LogP contribution in [-0.4, -0.2) is 49.2 Å². The number of pyridine rings is 1. The van der Waals surface area contributed by atoms with Crippen LogP contribution in [0.4, 0.5) is 5.69 Å². The summed E-state index contributed by atoms with van der Waals surface area (Å²) in [5, 5.41) is 0. The zero-order valence-corrected chi connectivity index (χ0v) is 11.1. The number of rotatable bonds is 5. The second-order valence-electron chi connectivity index (χ2n) is 4.51. The number of methoxy groups -OCH3 is 1. The van der Waals surface area contributed by atoms with Gasteiger partial charge in [0.2, 0.25) is 5.88 Å². The minimum Gasteiger partial charge on any atom is -0.476 e. The minimum atomic E-state index is -0.490. The summed E-state index contributed by atoms with van der Waals surface area (Å²) < 4.78 is 10.3. The first-order valence-electron chi connectivity index (χ1n) is 6.39. The number of nitrogens with two attached hydrogens (primary N) is 1. The lowest BCUT2D eigenvalue weighted by molar-refractivity contribution is 0.0594. The van der Waals surface area contributed by atoms with Crippen LogP contribution >= 0.6 is 0 Å². The fourth-order valence-electron chi connectivity index (χ4n) is 2.12. The predicted octanol–water partition coefficient (Wildman–Crippen LogP) is 0.925. The predicted molar refractivity (Wildman–Crippen MR) is 71.2 cm³/mol. The van der Waals surface area contributed by atoms with Crippen LogP contribution in [0.2, 0.25) is 0 Å². The molecular weight excluding hydrogens is 246 g/mol. The topological polar surface area (TPSA) is 77.7 Å². The molecule has 0 unspecified atom stereocenters. The van der Waals surface area contributed by atoms with Crippen molar-refractivity contribution in [3.05, 3.63) is 17.8 Å². The number of hydrogen-bond donors (Lipinski definition) is 1. The first-order chi connectivity index (χ1) is 9.20. The second-order valence-corrected chi connectivity index (χ2v) is 4.51. The molecule has 6 nitrogen and oxygen atoms in total. The number of nitrogens with zero attached hydrogens (tertiary/aromatic N) is 2. The average molecular weight is 265 g/mol. The van der Waals surface area contributed by atoms with Gasteiger partial charge in [0.25, 0.3) is 0 Å². The van der Waals surface area contributed by atoms with Gasteiger partial charge >= 0.3 is 5.97 Å². The number of ether oxygens (including phenoxy) is 2. The molecule has 1 aromatic heterocycles. The fraction of sp³-hybridized carbons (Fsp3) is 0.538. The van der Waals surface area contributed by atoms with Gasteiger partial charge in [-0.3, -0.25) is 4.90 Å². The first-order valence-corrected chi connectivity index (χ1v) is 6.39. The van der Waals surface area contributed by atoms with Crippen molar-refractivity contribution >= 4 is 11.7 Å². The summed E-state index contributed by atoms with van der Waals surface area (Å²) >= 11 is 0. The number of likely N-dealkylation sites (tertiary alicyclic amines) is 1. The third-order valence-corrected chi connectivity index (χ3v) is 3.12. The van der Waals surface area contributed by atoms with E-state index in [2.05, 4.69) is 14.6 Å². The van der Waals surface area contributed by atoms with Crippen molar-refractivity contribution in [2.45, 2.75) is 12.8 Å². The lowest BCUT2D eigenvalue weighted by Crippen LogP contribution is -2.25. The number of aromatic nitrogens is 1. The summed E-state index contributed by atoms with van der Waals surface area (Å²) in [7, 11) is 1.32. The van der Waals surface area contributed by atoms with Gasteiger partial charge in [-0.1, -0.05) is 0 Å². The van der Waals surface area contributed by atoms with E-state index in [1.165, 1.54) is 32.2 Å². The van der Waals surface area contributed by atoms with Crippen molar-refractivity contribution in [3.8, 4) is 5.88 Å². The summed E-state index contributed by atoms with van der Waals surface area (Å²) in [4.78, 5) is 18.0. The van der Waals surface area contributed by atoms with Crippen molar-refractivity contribution in [1.29, 1.82) is 0 Å². The van der Waals surface area contributed by atoms with E-state index in [1.54, 1.807) is 0 Å².